The molecule has 0 aliphatic rings. The highest BCUT2D eigenvalue weighted by atomic mass is 19.4. The maximum atomic E-state index is 12.1. The van der Waals surface area contributed by atoms with Crippen molar-refractivity contribution >= 4 is 0 Å². The van der Waals surface area contributed by atoms with Gasteiger partial charge in [-0.25, -0.2) is 0 Å². The average Bonchev–Trinajstić information content (AvgIpc) is 2.36. The number of ether oxygens (including phenoxy) is 1. The van der Waals surface area contributed by atoms with Crippen molar-refractivity contribution in [2.75, 3.05) is 13.1 Å². The van der Waals surface area contributed by atoms with Crippen LogP contribution in [0.1, 0.15) is 32.8 Å². The van der Waals surface area contributed by atoms with Gasteiger partial charge in [0.2, 0.25) is 0 Å². The molecule has 0 spiro atoms. The van der Waals surface area contributed by atoms with Crippen molar-refractivity contribution in [1.29, 1.82) is 0 Å². The minimum atomic E-state index is -4.63. The van der Waals surface area contributed by atoms with E-state index in [1.165, 1.54) is 12.1 Å². The Kier molecular flexibility index (Phi) is 7.02. The molecule has 120 valence electrons. The molecule has 0 saturated heterocycles. The first-order chi connectivity index (χ1) is 9.80. The van der Waals surface area contributed by atoms with Crippen LogP contribution in [0.2, 0.25) is 0 Å². The van der Waals surface area contributed by atoms with Crippen LogP contribution in [0, 0.1) is 11.8 Å². The van der Waals surface area contributed by atoms with E-state index < -0.39 is 6.36 Å². The van der Waals surface area contributed by atoms with Gasteiger partial charge in [0.05, 0.1) is 0 Å². The molecular formula is C16H24F3NO. The third-order valence-corrected chi connectivity index (χ3v) is 3.17. The fraction of sp³-hybridized carbons (Fsp3) is 0.625. The Balaban J connectivity index is 2.62. The molecule has 0 aliphatic heterocycles. The van der Waals surface area contributed by atoms with Gasteiger partial charge in [0.15, 0.2) is 0 Å². The van der Waals surface area contributed by atoms with E-state index in [2.05, 4.69) is 30.8 Å². The zero-order valence-electron chi connectivity index (χ0n) is 12.8. The fourth-order valence-electron chi connectivity index (χ4n) is 2.41. The lowest BCUT2D eigenvalue weighted by molar-refractivity contribution is -0.274. The number of benzene rings is 1. The third-order valence-electron chi connectivity index (χ3n) is 3.17. The van der Waals surface area contributed by atoms with E-state index in [-0.39, 0.29) is 5.75 Å². The van der Waals surface area contributed by atoms with Crippen LogP contribution in [0.25, 0.3) is 0 Å². The van der Waals surface area contributed by atoms with Crippen LogP contribution >= 0.6 is 0 Å². The fourth-order valence-corrected chi connectivity index (χ4v) is 2.41. The van der Waals surface area contributed by atoms with Gasteiger partial charge in [-0.15, -0.1) is 13.2 Å². The van der Waals surface area contributed by atoms with Crippen molar-refractivity contribution in [1.82, 2.24) is 5.32 Å². The second kappa shape index (κ2) is 8.27. The first-order valence-corrected chi connectivity index (χ1v) is 7.35. The van der Waals surface area contributed by atoms with Crippen molar-refractivity contribution in [2.24, 2.45) is 11.8 Å². The monoisotopic (exact) mass is 303 g/mol. The number of alkyl halides is 3. The van der Waals surface area contributed by atoms with Gasteiger partial charge in [0.25, 0.3) is 0 Å². The predicted octanol–water partition coefficient (Wildman–Crippen LogP) is 4.40. The molecule has 0 heterocycles. The molecule has 1 rings (SSSR count). The number of nitrogens with one attached hydrogen (secondary N) is 1. The van der Waals surface area contributed by atoms with Gasteiger partial charge < -0.3 is 10.1 Å². The Morgan fingerprint density at radius 2 is 1.76 bits per heavy atom. The van der Waals surface area contributed by atoms with E-state index >= 15 is 0 Å². The van der Waals surface area contributed by atoms with E-state index in [1.54, 1.807) is 12.1 Å². The molecule has 5 heteroatoms. The summed E-state index contributed by atoms with van der Waals surface area (Å²) in [6.45, 7) is 8.27. The molecule has 1 unspecified atom stereocenters. The van der Waals surface area contributed by atoms with Gasteiger partial charge in [-0.2, -0.15) is 0 Å². The van der Waals surface area contributed by atoms with E-state index in [9.17, 15) is 13.2 Å². The van der Waals surface area contributed by atoms with Crippen LogP contribution in [0.5, 0.6) is 5.75 Å². The molecule has 0 aliphatic carbocycles. The number of hydrogen-bond donors (Lipinski definition) is 1. The van der Waals surface area contributed by atoms with Crippen molar-refractivity contribution in [3.05, 3.63) is 29.8 Å². The van der Waals surface area contributed by atoms with Gasteiger partial charge in [-0.1, -0.05) is 32.9 Å². The molecule has 0 saturated carbocycles. The zero-order chi connectivity index (χ0) is 15.9. The average molecular weight is 303 g/mol. The van der Waals surface area contributed by atoms with Gasteiger partial charge >= 0.3 is 6.36 Å². The highest BCUT2D eigenvalue weighted by Gasteiger charge is 2.30. The van der Waals surface area contributed by atoms with Crippen molar-refractivity contribution in [3.63, 3.8) is 0 Å². The van der Waals surface area contributed by atoms with Gasteiger partial charge in [0, 0.05) is 0 Å². The normalized spacial score (nSPS) is 13.5. The molecule has 0 aromatic heterocycles. The summed E-state index contributed by atoms with van der Waals surface area (Å²) < 4.78 is 40.2. The highest BCUT2D eigenvalue weighted by Crippen LogP contribution is 2.24. The third kappa shape index (κ3) is 7.95. The second-order valence-corrected chi connectivity index (χ2v) is 5.70. The molecule has 0 amide bonds. The van der Waals surface area contributed by atoms with Crippen molar-refractivity contribution in [3.8, 4) is 5.75 Å². The molecule has 1 atom stereocenters. The maximum Gasteiger partial charge on any atom is 0.573 e. The van der Waals surface area contributed by atoms with Gasteiger partial charge in [-0.3, -0.25) is 0 Å². The number of hydrogen-bond acceptors (Lipinski definition) is 2. The topological polar surface area (TPSA) is 21.3 Å². The minimum Gasteiger partial charge on any atom is -0.406 e. The number of halogens is 3. The molecule has 0 bridgehead atoms. The van der Waals surface area contributed by atoms with E-state index in [0.717, 1.165) is 31.5 Å². The Morgan fingerprint density at radius 1 is 1.14 bits per heavy atom. The minimum absolute atomic E-state index is 0.168. The first-order valence-electron chi connectivity index (χ1n) is 7.35. The first kappa shape index (κ1) is 17.8. The quantitative estimate of drug-likeness (QED) is 0.768. The summed E-state index contributed by atoms with van der Waals surface area (Å²) in [6.07, 6.45) is -2.68. The van der Waals surface area contributed by atoms with Crippen LogP contribution in [0.3, 0.4) is 0 Å². The van der Waals surface area contributed by atoms with E-state index in [4.69, 9.17) is 0 Å². The summed E-state index contributed by atoms with van der Waals surface area (Å²) >= 11 is 0. The molecule has 21 heavy (non-hydrogen) atoms. The lowest BCUT2D eigenvalue weighted by Gasteiger charge is -2.19. The second-order valence-electron chi connectivity index (χ2n) is 5.70. The molecule has 2 nitrogen and oxygen atoms in total. The van der Waals surface area contributed by atoms with E-state index in [1.807, 2.05) is 0 Å². The largest absolute Gasteiger partial charge is 0.573 e. The van der Waals surface area contributed by atoms with Crippen LogP contribution in [0.15, 0.2) is 24.3 Å². The predicted molar refractivity (Wildman–Crippen MR) is 78.3 cm³/mol. The van der Waals surface area contributed by atoms with Crippen molar-refractivity contribution in [2.45, 2.75) is 40.0 Å². The van der Waals surface area contributed by atoms with Crippen LogP contribution in [0.4, 0.5) is 13.2 Å². The summed E-state index contributed by atoms with van der Waals surface area (Å²) in [5, 5.41) is 3.34. The highest BCUT2D eigenvalue weighted by molar-refractivity contribution is 5.27. The molecule has 1 aromatic carbocycles. The maximum absolute atomic E-state index is 12.1. The smallest absolute Gasteiger partial charge is 0.406 e. The van der Waals surface area contributed by atoms with Crippen LogP contribution in [-0.4, -0.2) is 19.5 Å². The SMILES string of the molecule is CCNCC(Cc1ccc(OC(F)(F)F)cc1)CC(C)C. The van der Waals surface area contributed by atoms with Crippen molar-refractivity contribution < 1.29 is 17.9 Å². The Morgan fingerprint density at radius 3 is 2.24 bits per heavy atom. The summed E-state index contributed by atoms with van der Waals surface area (Å²) in [6, 6.07) is 6.17. The van der Waals surface area contributed by atoms with Gasteiger partial charge in [-0.05, 0) is 55.5 Å². The zero-order valence-corrected chi connectivity index (χ0v) is 12.8. The molecule has 1 aromatic rings. The lowest BCUT2D eigenvalue weighted by atomic mass is 9.91. The standard InChI is InChI=1S/C16H24F3NO/c1-4-20-11-14(9-12(2)3)10-13-5-7-15(8-6-13)21-16(17,18)19/h5-8,12,14,20H,4,9-11H2,1-3H3. The summed E-state index contributed by atoms with van der Waals surface area (Å²) in [4.78, 5) is 0. The lowest BCUT2D eigenvalue weighted by Crippen LogP contribution is -2.25. The van der Waals surface area contributed by atoms with Crippen LogP contribution in [-0.2, 0) is 6.42 Å². The summed E-state index contributed by atoms with van der Waals surface area (Å²) in [7, 11) is 0. The van der Waals surface area contributed by atoms with Crippen LogP contribution < -0.4 is 10.1 Å². The van der Waals surface area contributed by atoms with E-state index in [0.29, 0.717) is 11.8 Å². The molecule has 1 N–H and O–H groups in total. The summed E-state index contributed by atoms with van der Waals surface area (Å²) in [5.41, 5.74) is 1.04. The number of rotatable bonds is 8. The Labute approximate surface area is 124 Å². The Bertz CT molecular complexity index is 401. The molecule has 0 radical (unpaired) electrons. The molecular weight excluding hydrogens is 279 g/mol. The summed E-state index contributed by atoms with van der Waals surface area (Å²) in [5.74, 6) is 0.916. The Hall–Kier alpha value is -1.23. The van der Waals surface area contributed by atoms with Gasteiger partial charge in [0.1, 0.15) is 5.75 Å². The molecule has 0 fully saturated rings.